The molecule has 8 heteroatoms. The number of carbonyl (C=O) groups is 1. The Labute approximate surface area is 152 Å². The Kier molecular flexibility index (Phi) is 3.85. The Hall–Kier alpha value is -2.93. The number of carboxylic acids is 1. The maximum Gasteiger partial charge on any atom is 0.335 e. The minimum absolute atomic E-state index is 0. The van der Waals surface area contributed by atoms with Gasteiger partial charge in [0, 0.05) is 27.5 Å². The van der Waals surface area contributed by atoms with Crippen molar-refractivity contribution in [3.8, 4) is 11.4 Å². The molecule has 0 bridgehead atoms. The Morgan fingerprint density at radius 3 is 2.96 bits per heavy atom. The highest BCUT2D eigenvalue weighted by atomic mass is 35.5. The molecule has 132 valence electrons. The highest BCUT2D eigenvalue weighted by molar-refractivity contribution is 6.32. The molecule has 1 fully saturated rings. The van der Waals surface area contributed by atoms with Crippen LogP contribution >= 0.6 is 11.6 Å². The lowest BCUT2D eigenvalue weighted by atomic mass is 10.1. The summed E-state index contributed by atoms with van der Waals surface area (Å²) in [7, 11) is 0. The second kappa shape index (κ2) is 6.18. The van der Waals surface area contributed by atoms with Gasteiger partial charge in [-0.3, -0.25) is 5.10 Å². The third kappa shape index (κ3) is 3.32. The van der Waals surface area contributed by atoms with E-state index in [0.717, 1.165) is 5.69 Å². The van der Waals surface area contributed by atoms with Crippen LogP contribution in [0.4, 0.5) is 11.6 Å². The van der Waals surface area contributed by atoms with Crippen LogP contribution in [-0.4, -0.2) is 31.2 Å². The van der Waals surface area contributed by atoms with Gasteiger partial charge < -0.3 is 10.4 Å². The summed E-state index contributed by atoms with van der Waals surface area (Å²) < 4.78 is 0. The Morgan fingerprint density at radius 2 is 2.20 bits per heavy atom. The van der Waals surface area contributed by atoms with Crippen molar-refractivity contribution >= 4 is 29.2 Å². The number of aromatic nitrogens is 4. The van der Waals surface area contributed by atoms with Crippen LogP contribution in [0.5, 0.6) is 0 Å². The average molecular weight is 362 g/mol. The fourth-order valence-corrected chi connectivity index (χ4v) is 2.65. The molecule has 1 aliphatic rings. The van der Waals surface area contributed by atoms with Crippen LogP contribution < -0.4 is 5.32 Å². The Bertz CT molecular complexity index is 965. The lowest BCUT2D eigenvalue weighted by Crippen LogP contribution is -2.00. The van der Waals surface area contributed by atoms with Crippen molar-refractivity contribution in [1.82, 2.24) is 20.2 Å². The van der Waals surface area contributed by atoms with Gasteiger partial charge in [-0.15, -0.1) is 0 Å². The summed E-state index contributed by atoms with van der Waals surface area (Å²) in [5.41, 5.74) is 1.87. The first-order chi connectivity index (χ1) is 12.1. The Morgan fingerprint density at radius 1 is 1.36 bits per heavy atom. The van der Waals surface area contributed by atoms with E-state index in [1.54, 1.807) is 12.1 Å². The maximum absolute atomic E-state index is 11.1. The number of benzene rings is 1. The van der Waals surface area contributed by atoms with Gasteiger partial charge in [-0.05, 0) is 25.0 Å². The van der Waals surface area contributed by atoms with Gasteiger partial charge in [0.15, 0.2) is 17.5 Å². The van der Waals surface area contributed by atoms with Gasteiger partial charge in [0.25, 0.3) is 0 Å². The number of nitrogens with zero attached hydrogens (tertiary/aromatic N) is 3. The lowest BCUT2D eigenvalue weighted by molar-refractivity contribution is 0.0697. The number of hydrogen-bond donors (Lipinski definition) is 3. The van der Waals surface area contributed by atoms with Crippen molar-refractivity contribution in [1.29, 1.82) is 0 Å². The molecule has 2 heterocycles. The van der Waals surface area contributed by atoms with Crippen molar-refractivity contribution < 1.29 is 14.2 Å². The zero-order valence-electron chi connectivity index (χ0n) is 13.0. The normalized spacial score (nSPS) is 13.6. The third-order valence-corrected chi connectivity index (χ3v) is 4.25. The molecule has 0 amide bonds. The van der Waals surface area contributed by atoms with Crippen molar-refractivity contribution in [2.45, 2.75) is 18.8 Å². The van der Waals surface area contributed by atoms with Gasteiger partial charge in [0.05, 0.1) is 11.8 Å². The van der Waals surface area contributed by atoms with Gasteiger partial charge in [0.1, 0.15) is 5.02 Å². The van der Waals surface area contributed by atoms with E-state index in [9.17, 15) is 4.79 Å². The Balaban J connectivity index is 0.00000131. The van der Waals surface area contributed by atoms with Crippen LogP contribution in [0, 0.1) is 0 Å². The topological polar surface area (TPSA) is 104 Å². The third-order valence-electron chi connectivity index (χ3n) is 3.97. The van der Waals surface area contributed by atoms with Gasteiger partial charge in [0.2, 0.25) is 0 Å². The van der Waals surface area contributed by atoms with Crippen molar-refractivity contribution in [3.05, 3.63) is 52.8 Å². The monoisotopic (exact) mass is 361 g/mol. The zero-order chi connectivity index (χ0) is 17.4. The van der Waals surface area contributed by atoms with Crippen LogP contribution in [0.15, 0.2) is 36.5 Å². The van der Waals surface area contributed by atoms with Crippen LogP contribution in [-0.2, 0) is 0 Å². The van der Waals surface area contributed by atoms with E-state index in [2.05, 4.69) is 25.5 Å². The first-order valence-corrected chi connectivity index (χ1v) is 8.16. The largest absolute Gasteiger partial charge is 0.478 e. The molecule has 25 heavy (non-hydrogen) atoms. The molecule has 0 saturated heterocycles. The number of aromatic carboxylic acids is 1. The molecule has 1 aromatic carbocycles. The maximum atomic E-state index is 11.1. The number of halogens is 1. The molecule has 0 atom stereocenters. The van der Waals surface area contributed by atoms with E-state index >= 15 is 0 Å². The summed E-state index contributed by atoms with van der Waals surface area (Å²) in [6.45, 7) is 0. The predicted octanol–water partition coefficient (Wildman–Crippen LogP) is 4.58. The summed E-state index contributed by atoms with van der Waals surface area (Å²) in [6, 6.07) is 8.39. The number of aromatic amines is 1. The molecule has 0 unspecified atom stereocenters. The number of hydrogen-bond acceptors (Lipinski definition) is 5. The molecular weight excluding hydrogens is 342 g/mol. The number of rotatable bonds is 5. The fourth-order valence-electron chi connectivity index (χ4n) is 2.51. The van der Waals surface area contributed by atoms with E-state index in [1.807, 2.05) is 6.07 Å². The van der Waals surface area contributed by atoms with Crippen LogP contribution in [0.2, 0.25) is 5.02 Å². The van der Waals surface area contributed by atoms with E-state index < -0.39 is 5.97 Å². The zero-order valence-corrected chi connectivity index (χ0v) is 13.8. The molecular formula is C17H20ClN5O2. The first-order valence-electron chi connectivity index (χ1n) is 7.79. The molecule has 4 rings (SSSR count). The highest BCUT2D eigenvalue weighted by Crippen LogP contribution is 2.39. The summed E-state index contributed by atoms with van der Waals surface area (Å²) in [5, 5.41) is 19.8. The molecule has 1 saturated carbocycles. The van der Waals surface area contributed by atoms with Crippen molar-refractivity contribution in [2.75, 3.05) is 5.32 Å². The summed E-state index contributed by atoms with van der Waals surface area (Å²) >= 11 is 6.18. The molecule has 2 aromatic heterocycles. The number of nitrogens with one attached hydrogen (secondary N) is 2. The van der Waals surface area contributed by atoms with Gasteiger partial charge in [-0.25, -0.2) is 14.8 Å². The molecule has 3 aromatic rings. The number of anilines is 2. The van der Waals surface area contributed by atoms with E-state index in [4.69, 9.17) is 16.7 Å². The van der Waals surface area contributed by atoms with Gasteiger partial charge in [-0.2, -0.15) is 5.10 Å². The lowest BCUT2D eigenvalue weighted by Gasteiger charge is -2.07. The molecule has 0 spiro atoms. The highest BCUT2D eigenvalue weighted by Gasteiger charge is 2.25. The molecule has 3 N–H and O–H groups in total. The summed E-state index contributed by atoms with van der Waals surface area (Å²) in [6.07, 6.45) is 3.84. The number of carboxylic acid groups (broad SMARTS) is 1. The minimum atomic E-state index is -1.00. The standard InChI is InChI=1S/C17H14ClN5O2.3H2/c18-12-8-19-15(10-2-1-3-11(6-10)17(24)25)21-16(12)20-14-7-13(22-23-14)9-4-5-9;;;/h1-3,6-9H,4-5H2,(H,24,25)(H2,19,20,21,22,23);3*1H. The fraction of sp³-hybridized carbons (Fsp3) is 0.176. The SMILES string of the molecule is O=C(O)c1cccc(-c2ncc(Cl)c(Nc3cc(C4CC4)[nH]n3)n2)c1.[HH].[HH].[HH]. The summed E-state index contributed by atoms with van der Waals surface area (Å²) in [4.78, 5) is 19.7. The minimum Gasteiger partial charge on any atom is -0.478 e. The molecule has 1 aliphatic carbocycles. The van der Waals surface area contributed by atoms with Crippen molar-refractivity contribution in [3.63, 3.8) is 0 Å². The van der Waals surface area contributed by atoms with Gasteiger partial charge >= 0.3 is 5.97 Å². The molecule has 0 aliphatic heterocycles. The quantitative estimate of drug-likeness (QED) is 0.614. The first kappa shape index (κ1) is 15.6. The smallest absolute Gasteiger partial charge is 0.335 e. The van der Waals surface area contributed by atoms with Gasteiger partial charge in [-0.1, -0.05) is 23.7 Å². The molecule has 0 radical (unpaired) electrons. The van der Waals surface area contributed by atoms with Crippen LogP contribution in [0.25, 0.3) is 11.4 Å². The predicted molar refractivity (Wildman–Crippen MR) is 99.6 cm³/mol. The van der Waals surface area contributed by atoms with Crippen LogP contribution in [0.3, 0.4) is 0 Å². The second-order valence-corrected chi connectivity index (χ2v) is 6.29. The second-order valence-electron chi connectivity index (χ2n) is 5.88. The average Bonchev–Trinajstić information content (AvgIpc) is 3.36. The van der Waals surface area contributed by atoms with E-state index in [1.165, 1.54) is 31.2 Å². The van der Waals surface area contributed by atoms with E-state index in [-0.39, 0.29) is 9.84 Å². The summed E-state index contributed by atoms with van der Waals surface area (Å²) in [5.74, 6) is 0.999. The van der Waals surface area contributed by atoms with Crippen LogP contribution in [0.1, 0.15) is 39.1 Å². The van der Waals surface area contributed by atoms with E-state index in [0.29, 0.717) is 34.0 Å². The van der Waals surface area contributed by atoms with Crippen molar-refractivity contribution in [2.24, 2.45) is 0 Å². The number of H-pyrrole nitrogens is 1. The molecule has 7 nitrogen and oxygen atoms in total.